The van der Waals surface area contributed by atoms with Crippen molar-refractivity contribution in [2.75, 3.05) is 0 Å². The Hall–Kier alpha value is -1.44. The highest BCUT2D eigenvalue weighted by molar-refractivity contribution is 5.62. The third kappa shape index (κ3) is 1.78. The lowest BCUT2D eigenvalue weighted by Crippen LogP contribution is -1.82. The Morgan fingerprint density at radius 3 is 2.92 bits per heavy atom. The number of rotatable bonds is 2. The van der Waals surface area contributed by atoms with E-state index in [-0.39, 0.29) is 0 Å². The van der Waals surface area contributed by atoms with Crippen LogP contribution in [0.15, 0.2) is 23.3 Å². The zero-order chi connectivity index (χ0) is 8.97. The van der Waals surface area contributed by atoms with E-state index in [9.17, 15) is 0 Å². The van der Waals surface area contributed by atoms with Crippen LogP contribution in [-0.2, 0) is 0 Å². The molecule has 0 radical (unpaired) electrons. The molecule has 0 spiro atoms. The van der Waals surface area contributed by atoms with E-state index in [4.69, 9.17) is 0 Å². The number of nitrogens with zero attached hydrogens (tertiary/aromatic N) is 2. The minimum atomic E-state index is 0.693. The van der Waals surface area contributed by atoms with Gasteiger partial charge >= 0.3 is 0 Å². The molecular weight excluding hydrogens is 148 g/mol. The first kappa shape index (κ1) is 8.65. The molecular formula is C10H12N2. The van der Waals surface area contributed by atoms with E-state index >= 15 is 0 Å². The lowest BCUT2D eigenvalue weighted by atomic mass is 10.2. The van der Waals surface area contributed by atoms with Gasteiger partial charge in [0.05, 0.1) is 0 Å². The molecule has 0 saturated heterocycles. The largest absolute Gasteiger partial charge is 0.245 e. The van der Waals surface area contributed by atoms with Gasteiger partial charge in [-0.3, -0.25) is 0 Å². The van der Waals surface area contributed by atoms with E-state index in [0.29, 0.717) is 5.82 Å². The van der Waals surface area contributed by atoms with E-state index in [2.05, 4.69) is 16.7 Å². The second kappa shape index (κ2) is 3.81. The predicted molar refractivity (Wildman–Crippen MR) is 52.9 cm³/mol. The Morgan fingerprint density at radius 2 is 2.33 bits per heavy atom. The zero-order valence-corrected chi connectivity index (χ0v) is 7.41. The van der Waals surface area contributed by atoms with Crippen molar-refractivity contribution < 1.29 is 0 Å². The van der Waals surface area contributed by atoms with Crippen molar-refractivity contribution in [3.05, 3.63) is 29.5 Å². The summed E-state index contributed by atoms with van der Waals surface area (Å²) in [4.78, 5) is 7.95. The van der Waals surface area contributed by atoms with Crippen LogP contribution in [0.4, 0.5) is 5.82 Å². The van der Waals surface area contributed by atoms with E-state index in [1.54, 1.807) is 6.20 Å². The Bertz CT molecular complexity index is 314. The summed E-state index contributed by atoms with van der Waals surface area (Å²) >= 11 is 0. The molecule has 1 heterocycles. The molecule has 0 bridgehead atoms. The fourth-order valence-electron chi connectivity index (χ4n) is 1.02. The highest BCUT2D eigenvalue weighted by Crippen LogP contribution is 2.17. The van der Waals surface area contributed by atoms with Crippen LogP contribution in [0, 0.1) is 6.92 Å². The second-order valence-corrected chi connectivity index (χ2v) is 2.58. The van der Waals surface area contributed by atoms with Gasteiger partial charge in [0.2, 0.25) is 0 Å². The smallest absolute Gasteiger partial charge is 0.158 e. The van der Waals surface area contributed by atoms with Crippen molar-refractivity contribution in [1.29, 1.82) is 0 Å². The van der Waals surface area contributed by atoms with Crippen molar-refractivity contribution in [2.45, 2.75) is 13.8 Å². The number of aliphatic imine (C=N–C) groups is 1. The molecule has 12 heavy (non-hydrogen) atoms. The second-order valence-electron chi connectivity index (χ2n) is 2.58. The average molecular weight is 160 g/mol. The van der Waals surface area contributed by atoms with E-state index in [1.165, 1.54) is 0 Å². The summed E-state index contributed by atoms with van der Waals surface area (Å²) in [6.07, 6.45) is 5.73. The van der Waals surface area contributed by atoms with Gasteiger partial charge < -0.3 is 0 Å². The molecule has 2 heteroatoms. The van der Waals surface area contributed by atoms with Gasteiger partial charge in [-0.15, -0.1) is 0 Å². The molecule has 0 saturated carbocycles. The molecule has 1 rings (SSSR count). The molecule has 0 N–H and O–H groups in total. The van der Waals surface area contributed by atoms with Crippen molar-refractivity contribution >= 4 is 18.6 Å². The Balaban J connectivity index is 3.20. The molecule has 2 nitrogen and oxygen atoms in total. The first-order chi connectivity index (χ1) is 5.77. The number of aromatic nitrogens is 1. The standard InChI is InChI=1S/C10H12N2/c1-4-5-9-6-8(2)7-12-10(9)11-3/h4-7H,3H2,1-2H3/b5-4-. The molecule has 0 fully saturated rings. The van der Waals surface area contributed by atoms with Crippen molar-refractivity contribution in [3.63, 3.8) is 0 Å². The normalized spacial score (nSPS) is 10.5. The van der Waals surface area contributed by atoms with Crippen LogP contribution in [0.25, 0.3) is 6.08 Å². The van der Waals surface area contributed by atoms with Gasteiger partial charge in [-0.1, -0.05) is 12.2 Å². The summed E-state index contributed by atoms with van der Waals surface area (Å²) in [7, 11) is 0. The van der Waals surface area contributed by atoms with Crippen LogP contribution >= 0.6 is 0 Å². The maximum Gasteiger partial charge on any atom is 0.158 e. The lowest BCUT2D eigenvalue weighted by Gasteiger charge is -1.99. The lowest BCUT2D eigenvalue weighted by molar-refractivity contribution is 1.23. The topological polar surface area (TPSA) is 25.2 Å². The molecule has 0 aliphatic carbocycles. The van der Waals surface area contributed by atoms with E-state index in [1.807, 2.05) is 32.1 Å². The Kier molecular flexibility index (Phi) is 2.75. The van der Waals surface area contributed by atoms with Crippen LogP contribution in [0.3, 0.4) is 0 Å². The van der Waals surface area contributed by atoms with Gasteiger partial charge in [-0.25, -0.2) is 9.98 Å². The molecule has 1 aromatic heterocycles. The minimum absolute atomic E-state index is 0.693. The van der Waals surface area contributed by atoms with Crippen LogP contribution in [0.5, 0.6) is 0 Å². The molecule has 0 aliphatic rings. The first-order valence-corrected chi connectivity index (χ1v) is 3.84. The highest BCUT2D eigenvalue weighted by atomic mass is 14.9. The number of aryl methyl sites for hydroxylation is 1. The molecule has 62 valence electrons. The third-order valence-electron chi connectivity index (χ3n) is 1.53. The summed E-state index contributed by atoms with van der Waals surface area (Å²) in [5, 5.41) is 0. The van der Waals surface area contributed by atoms with Gasteiger partial charge in [0, 0.05) is 11.8 Å². The van der Waals surface area contributed by atoms with Gasteiger partial charge in [0.15, 0.2) is 5.82 Å². The van der Waals surface area contributed by atoms with Crippen LogP contribution in [0.2, 0.25) is 0 Å². The molecule has 0 aliphatic heterocycles. The highest BCUT2D eigenvalue weighted by Gasteiger charge is 1.97. The minimum Gasteiger partial charge on any atom is -0.245 e. The van der Waals surface area contributed by atoms with Crippen LogP contribution in [-0.4, -0.2) is 11.7 Å². The summed E-state index contributed by atoms with van der Waals surface area (Å²) in [6.45, 7) is 7.43. The van der Waals surface area contributed by atoms with Crippen molar-refractivity contribution in [3.8, 4) is 0 Å². The monoisotopic (exact) mass is 160 g/mol. The molecule has 0 unspecified atom stereocenters. The Morgan fingerprint density at radius 1 is 1.58 bits per heavy atom. The number of hydrogen-bond acceptors (Lipinski definition) is 2. The van der Waals surface area contributed by atoms with E-state index in [0.717, 1.165) is 11.1 Å². The SMILES string of the molecule is C=Nc1ncc(C)cc1/C=C\C. The van der Waals surface area contributed by atoms with E-state index < -0.39 is 0 Å². The molecule has 1 aromatic rings. The Labute approximate surface area is 72.7 Å². The summed E-state index contributed by atoms with van der Waals surface area (Å²) in [6, 6.07) is 2.04. The van der Waals surface area contributed by atoms with Gasteiger partial charge in [-0.05, 0) is 32.2 Å². The average Bonchev–Trinajstić information content (AvgIpc) is 2.05. The maximum absolute atomic E-state index is 4.13. The van der Waals surface area contributed by atoms with Gasteiger partial charge in [-0.2, -0.15) is 0 Å². The first-order valence-electron chi connectivity index (χ1n) is 3.84. The molecule has 0 amide bonds. The van der Waals surface area contributed by atoms with Crippen molar-refractivity contribution in [1.82, 2.24) is 4.98 Å². The fourth-order valence-corrected chi connectivity index (χ4v) is 1.02. The summed E-state index contributed by atoms with van der Waals surface area (Å²) in [5.41, 5.74) is 2.16. The van der Waals surface area contributed by atoms with Gasteiger partial charge in [0.25, 0.3) is 0 Å². The van der Waals surface area contributed by atoms with Gasteiger partial charge in [0.1, 0.15) is 0 Å². The zero-order valence-electron chi connectivity index (χ0n) is 7.41. The maximum atomic E-state index is 4.13. The number of allylic oxidation sites excluding steroid dienone is 1. The molecule has 0 aromatic carbocycles. The molecule has 0 atom stereocenters. The van der Waals surface area contributed by atoms with Crippen molar-refractivity contribution in [2.24, 2.45) is 4.99 Å². The quantitative estimate of drug-likeness (QED) is 0.611. The third-order valence-corrected chi connectivity index (χ3v) is 1.53. The van der Waals surface area contributed by atoms with Crippen LogP contribution in [0.1, 0.15) is 18.1 Å². The summed E-state index contributed by atoms with van der Waals surface area (Å²) in [5.74, 6) is 0.693. The van der Waals surface area contributed by atoms with Crippen LogP contribution < -0.4 is 0 Å². The number of hydrogen-bond donors (Lipinski definition) is 0. The summed E-state index contributed by atoms with van der Waals surface area (Å²) < 4.78 is 0. The predicted octanol–water partition coefficient (Wildman–Crippen LogP) is 2.76. The fraction of sp³-hybridized carbons (Fsp3) is 0.200. The number of pyridine rings is 1.